The largest absolute Gasteiger partial charge is 0.486 e. The topological polar surface area (TPSA) is 85.4 Å². The fourth-order valence-corrected chi connectivity index (χ4v) is 5.62. The van der Waals surface area contributed by atoms with Crippen molar-refractivity contribution >= 4 is 45.5 Å². The van der Waals surface area contributed by atoms with Crippen molar-refractivity contribution in [1.29, 1.82) is 0 Å². The number of ether oxygens (including phenoxy) is 2. The molecular formula is C22H26N4O3S3. The van der Waals surface area contributed by atoms with Crippen molar-refractivity contribution in [2.24, 2.45) is 5.92 Å². The van der Waals surface area contributed by atoms with Crippen LogP contribution in [0.4, 0.5) is 5.13 Å². The van der Waals surface area contributed by atoms with Gasteiger partial charge in [0.2, 0.25) is 11.0 Å². The maximum atomic E-state index is 12.7. The molecule has 1 aliphatic heterocycles. The van der Waals surface area contributed by atoms with Gasteiger partial charge in [-0.3, -0.25) is 4.79 Å². The first-order valence-corrected chi connectivity index (χ1v) is 13.2. The van der Waals surface area contributed by atoms with Crippen molar-refractivity contribution < 1.29 is 14.3 Å². The van der Waals surface area contributed by atoms with E-state index in [-0.39, 0.29) is 23.6 Å². The van der Waals surface area contributed by atoms with E-state index in [9.17, 15) is 4.79 Å². The standard InChI is InChI=1S/C22H26N4O3S3/c1-14(2)20(15-5-6-17-18(12-15)29-10-9-28-17)24-19(27)13-31-22-26-25-21(32-22)23-8-7-16-4-3-11-30-16/h3-6,11-12,14,20H,7-10,13H2,1-2H3,(H,23,25)(H,24,27). The number of nitrogens with one attached hydrogen (secondary N) is 2. The quantitative estimate of drug-likeness (QED) is 0.401. The van der Waals surface area contributed by atoms with Gasteiger partial charge in [0, 0.05) is 11.4 Å². The molecule has 1 aromatic carbocycles. The molecule has 10 heteroatoms. The monoisotopic (exact) mass is 490 g/mol. The van der Waals surface area contributed by atoms with Crippen molar-refractivity contribution in [3.63, 3.8) is 0 Å². The highest BCUT2D eigenvalue weighted by Gasteiger charge is 2.21. The number of hydrogen-bond acceptors (Lipinski definition) is 9. The van der Waals surface area contributed by atoms with Gasteiger partial charge in [-0.1, -0.05) is 49.1 Å². The number of amides is 1. The third-order valence-electron chi connectivity index (χ3n) is 4.87. The Kier molecular flexibility index (Phi) is 7.88. The molecule has 0 spiro atoms. The van der Waals surface area contributed by atoms with Crippen LogP contribution in [0.3, 0.4) is 0 Å². The summed E-state index contributed by atoms with van der Waals surface area (Å²) in [5.74, 6) is 1.96. The summed E-state index contributed by atoms with van der Waals surface area (Å²) in [6.45, 7) is 6.09. The maximum absolute atomic E-state index is 12.7. The molecule has 32 heavy (non-hydrogen) atoms. The molecule has 0 fully saturated rings. The van der Waals surface area contributed by atoms with Crippen LogP contribution in [0.25, 0.3) is 0 Å². The molecule has 7 nitrogen and oxygen atoms in total. The van der Waals surface area contributed by atoms with Gasteiger partial charge in [0.05, 0.1) is 11.8 Å². The maximum Gasteiger partial charge on any atom is 0.230 e. The summed E-state index contributed by atoms with van der Waals surface area (Å²) in [6, 6.07) is 9.94. The van der Waals surface area contributed by atoms with Gasteiger partial charge >= 0.3 is 0 Å². The zero-order valence-electron chi connectivity index (χ0n) is 18.0. The number of hydrogen-bond donors (Lipinski definition) is 2. The van der Waals surface area contributed by atoms with Crippen LogP contribution < -0.4 is 20.1 Å². The molecule has 2 aromatic heterocycles. The van der Waals surface area contributed by atoms with Gasteiger partial charge in [-0.05, 0) is 41.5 Å². The van der Waals surface area contributed by atoms with Crippen LogP contribution in [0.15, 0.2) is 40.1 Å². The van der Waals surface area contributed by atoms with Crippen LogP contribution in [0.5, 0.6) is 11.5 Å². The number of carbonyl (C=O) groups is 1. The number of rotatable bonds is 10. The fraction of sp³-hybridized carbons (Fsp3) is 0.409. The average Bonchev–Trinajstić information content (AvgIpc) is 3.48. The van der Waals surface area contributed by atoms with Crippen LogP contribution in [-0.4, -0.2) is 41.6 Å². The number of thiophene rings is 1. The highest BCUT2D eigenvalue weighted by Crippen LogP contribution is 2.34. The van der Waals surface area contributed by atoms with Crippen LogP contribution in [0, 0.1) is 5.92 Å². The molecule has 2 N–H and O–H groups in total. The van der Waals surface area contributed by atoms with Gasteiger partial charge in [0.25, 0.3) is 0 Å². The Labute approximate surface area is 199 Å². The molecule has 0 aliphatic carbocycles. The van der Waals surface area contributed by atoms with E-state index in [2.05, 4.69) is 52.2 Å². The van der Waals surface area contributed by atoms with Crippen LogP contribution in [0.2, 0.25) is 0 Å². The van der Waals surface area contributed by atoms with Crippen molar-refractivity contribution in [2.75, 3.05) is 30.8 Å². The summed E-state index contributed by atoms with van der Waals surface area (Å²) < 4.78 is 12.1. The number of aromatic nitrogens is 2. The summed E-state index contributed by atoms with van der Waals surface area (Å²) in [6.07, 6.45) is 0.957. The van der Waals surface area contributed by atoms with Crippen molar-refractivity contribution in [2.45, 2.75) is 30.6 Å². The summed E-state index contributed by atoms with van der Waals surface area (Å²) in [7, 11) is 0. The fourth-order valence-electron chi connectivity index (χ4n) is 3.32. The van der Waals surface area contributed by atoms with Crippen molar-refractivity contribution in [3.8, 4) is 11.5 Å². The predicted molar refractivity (Wildman–Crippen MR) is 130 cm³/mol. The SMILES string of the molecule is CC(C)C(NC(=O)CSc1nnc(NCCc2cccs2)s1)c1ccc2c(c1)OCCO2. The lowest BCUT2D eigenvalue weighted by molar-refractivity contribution is -0.119. The normalized spacial score (nSPS) is 13.7. The number of anilines is 1. The second-order valence-corrected chi connectivity index (χ2v) is 10.8. The van der Waals surface area contributed by atoms with Crippen LogP contribution in [0.1, 0.15) is 30.3 Å². The van der Waals surface area contributed by atoms with E-state index in [1.54, 1.807) is 11.3 Å². The average molecular weight is 491 g/mol. The van der Waals surface area contributed by atoms with E-state index >= 15 is 0 Å². The minimum Gasteiger partial charge on any atom is -0.486 e. The highest BCUT2D eigenvalue weighted by atomic mass is 32.2. The summed E-state index contributed by atoms with van der Waals surface area (Å²) in [5.41, 5.74) is 1.01. The number of thioether (sulfide) groups is 1. The van der Waals surface area contributed by atoms with Gasteiger partial charge in [0.1, 0.15) is 13.2 Å². The molecule has 1 unspecified atom stereocenters. The Morgan fingerprint density at radius 1 is 1.19 bits per heavy atom. The lowest BCUT2D eigenvalue weighted by Crippen LogP contribution is -2.33. The van der Waals surface area contributed by atoms with E-state index in [4.69, 9.17) is 9.47 Å². The predicted octanol–water partition coefficient (Wildman–Crippen LogP) is 4.63. The number of carbonyl (C=O) groups excluding carboxylic acids is 1. The third-order valence-corrected chi connectivity index (χ3v) is 7.82. The van der Waals surface area contributed by atoms with Crippen molar-refractivity contribution in [3.05, 3.63) is 46.2 Å². The minimum atomic E-state index is -0.108. The Hall–Kier alpha value is -2.30. The van der Waals surface area contributed by atoms with E-state index in [0.29, 0.717) is 13.2 Å². The molecule has 4 rings (SSSR count). The van der Waals surface area contributed by atoms with E-state index in [0.717, 1.165) is 39.5 Å². The van der Waals surface area contributed by atoms with E-state index in [1.165, 1.54) is 28.0 Å². The Morgan fingerprint density at radius 3 is 2.81 bits per heavy atom. The molecule has 1 atom stereocenters. The molecule has 1 aliphatic rings. The summed E-state index contributed by atoms with van der Waals surface area (Å²) in [4.78, 5) is 14.0. The van der Waals surface area contributed by atoms with Crippen molar-refractivity contribution in [1.82, 2.24) is 15.5 Å². The summed E-state index contributed by atoms with van der Waals surface area (Å²) in [5, 5.41) is 17.7. The third kappa shape index (κ3) is 6.14. The second kappa shape index (κ2) is 11.0. The first-order chi connectivity index (χ1) is 15.6. The zero-order chi connectivity index (χ0) is 22.3. The van der Waals surface area contributed by atoms with Gasteiger partial charge < -0.3 is 20.1 Å². The molecule has 170 valence electrons. The Balaban J connectivity index is 1.27. The minimum absolute atomic E-state index is 0.0361. The summed E-state index contributed by atoms with van der Waals surface area (Å²) >= 11 is 4.63. The Bertz CT molecular complexity index is 1020. The molecular weight excluding hydrogens is 464 g/mol. The molecule has 0 bridgehead atoms. The van der Waals surface area contributed by atoms with Gasteiger partial charge in [-0.25, -0.2) is 0 Å². The molecule has 0 saturated carbocycles. The lowest BCUT2D eigenvalue weighted by atomic mass is 9.95. The Morgan fingerprint density at radius 2 is 2.03 bits per heavy atom. The molecule has 0 radical (unpaired) electrons. The molecule has 1 amide bonds. The van der Waals surface area contributed by atoms with Gasteiger partial charge in [-0.2, -0.15) is 0 Å². The molecule has 3 aromatic rings. The van der Waals surface area contributed by atoms with Crippen LogP contribution in [-0.2, 0) is 11.2 Å². The van der Waals surface area contributed by atoms with E-state index in [1.807, 2.05) is 18.2 Å². The van der Waals surface area contributed by atoms with Gasteiger partial charge in [0.15, 0.2) is 15.8 Å². The zero-order valence-corrected chi connectivity index (χ0v) is 20.4. The number of benzene rings is 1. The first-order valence-electron chi connectivity index (χ1n) is 10.5. The van der Waals surface area contributed by atoms with Gasteiger partial charge in [-0.15, -0.1) is 21.5 Å². The molecule has 3 heterocycles. The highest BCUT2D eigenvalue weighted by molar-refractivity contribution is 8.01. The first kappa shape index (κ1) is 22.9. The number of nitrogens with zero attached hydrogens (tertiary/aromatic N) is 2. The lowest BCUT2D eigenvalue weighted by Gasteiger charge is -2.25. The second-order valence-electron chi connectivity index (χ2n) is 7.61. The molecule has 0 saturated heterocycles. The van der Waals surface area contributed by atoms with Crippen LogP contribution >= 0.6 is 34.4 Å². The van der Waals surface area contributed by atoms with E-state index < -0.39 is 0 Å². The number of fused-ring (bicyclic) bond motifs is 1. The smallest absolute Gasteiger partial charge is 0.230 e.